The topological polar surface area (TPSA) is 53.6 Å². The molecule has 0 spiro atoms. The van der Waals surface area contributed by atoms with Crippen molar-refractivity contribution in [3.8, 4) is 17.6 Å². The van der Waals surface area contributed by atoms with E-state index in [1.807, 2.05) is 45.7 Å². The van der Waals surface area contributed by atoms with Crippen molar-refractivity contribution in [2.45, 2.75) is 70.2 Å². The van der Waals surface area contributed by atoms with Crippen LogP contribution in [0, 0.1) is 11.8 Å². The smallest absolute Gasteiger partial charge is 0.393 e. The highest BCUT2D eigenvalue weighted by molar-refractivity contribution is 7.72. The van der Waals surface area contributed by atoms with Crippen molar-refractivity contribution in [1.29, 1.82) is 0 Å². The summed E-state index contributed by atoms with van der Waals surface area (Å²) in [6.07, 6.45) is -5.99. The van der Waals surface area contributed by atoms with Crippen LogP contribution in [0.4, 0.5) is 28.9 Å². The van der Waals surface area contributed by atoms with Gasteiger partial charge in [0.15, 0.2) is 0 Å². The second-order valence-corrected chi connectivity index (χ2v) is 16.7. The average Bonchev–Trinajstić information content (AvgIpc) is 3.28. The van der Waals surface area contributed by atoms with Gasteiger partial charge in [0, 0.05) is 29.7 Å². The molecule has 1 aromatic heterocycles. The van der Waals surface area contributed by atoms with Gasteiger partial charge >= 0.3 is 6.18 Å². The minimum atomic E-state index is -4.41. The number of anilines is 2. The number of fused-ring (bicyclic) bond motifs is 1. The molecule has 2 atom stereocenters. The monoisotopic (exact) mass is 637 g/mol. The van der Waals surface area contributed by atoms with Crippen LogP contribution in [-0.2, 0) is 11.0 Å². The van der Waals surface area contributed by atoms with Crippen molar-refractivity contribution < 1.29 is 26.9 Å². The minimum Gasteiger partial charge on any atom is -0.495 e. The summed E-state index contributed by atoms with van der Waals surface area (Å²) >= 11 is 1.19. The maximum atomic E-state index is 14.7. The summed E-state index contributed by atoms with van der Waals surface area (Å²) in [6.45, 7) is 9.05. The van der Waals surface area contributed by atoms with E-state index in [9.17, 15) is 22.1 Å². The van der Waals surface area contributed by atoms with E-state index < -0.39 is 32.0 Å². The second kappa shape index (κ2) is 13.5. The summed E-state index contributed by atoms with van der Waals surface area (Å²) in [5.74, 6) is 6.45. The normalized spacial score (nSPS) is 18.1. The molecule has 0 aliphatic carbocycles. The third kappa shape index (κ3) is 7.50. The van der Waals surface area contributed by atoms with Crippen LogP contribution in [0.5, 0.6) is 5.75 Å². The van der Waals surface area contributed by atoms with Crippen molar-refractivity contribution in [1.82, 2.24) is 4.90 Å². The maximum Gasteiger partial charge on any atom is 0.393 e. The van der Waals surface area contributed by atoms with E-state index in [2.05, 4.69) is 22.5 Å². The van der Waals surface area contributed by atoms with Gasteiger partial charge in [-0.3, -0.25) is 0 Å². The van der Waals surface area contributed by atoms with Crippen LogP contribution in [-0.4, -0.2) is 68.4 Å². The molecule has 43 heavy (non-hydrogen) atoms. The lowest BCUT2D eigenvalue weighted by atomic mass is 10.0. The number of rotatable bonds is 9. The molecule has 1 saturated heterocycles. The highest BCUT2D eigenvalue weighted by Crippen LogP contribution is 2.54. The molecule has 3 aromatic rings. The zero-order chi connectivity index (χ0) is 31.5. The Hall–Kier alpha value is -2.73. The molecule has 0 amide bonds. The molecular formula is C32H40F4N3O2PS. The fourth-order valence-corrected chi connectivity index (χ4v) is 9.86. The molecule has 2 heterocycles. The highest BCUT2D eigenvalue weighted by atomic mass is 32.1. The van der Waals surface area contributed by atoms with E-state index in [0.717, 1.165) is 11.8 Å². The number of hydrogen-bond donors (Lipinski definition) is 2. The third-order valence-electron chi connectivity index (χ3n) is 7.97. The number of piperidine rings is 1. The first-order valence-corrected chi connectivity index (χ1v) is 17.1. The Kier molecular flexibility index (Phi) is 10.4. The van der Waals surface area contributed by atoms with Gasteiger partial charge in [0.1, 0.15) is 19.1 Å². The van der Waals surface area contributed by atoms with E-state index in [1.54, 1.807) is 30.3 Å². The summed E-state index contributed by atoms with van der Waals surface area (Å²) in [4.78, 5) is 2.26. The number of methoxy groups -OCH3 is 1. The fraction of sp³-hybridized carbons (Fsp3) is 0.500. The molecule has 4 rings (SSSR count). The van der Waals surface area contributed by atoms with Gasteiger partial charge in [0.2, 0.25) is 0 Å². The first kappa shape index (κ1) is 33.2. The first-order valence-electron chi connectivity index (χ1n) is 14.5. The Morgan fingerprint density at radius 2 is 1.86 bits per heavy atom. The zero-order valence-electron chi connectivity index (χ0n) is 25.4. The van der Waals surface area contributed by atoms with Crippen LogP contribution < -0.4 is 20.7 Å². The largest absolute Gasteiger partial charge is 0.495 e. The Labute approximate surface area is 255 Å². The van der Waals surface area contributed by atoms with E-state index >= 15 is 0 Å². The molecule has 2 N–H and O–H groups in total. The van der Waals surface area contributed by atoms with Crippen molar-refractivity contribution >= 4 is 45.2 Å². The molecular weight excluding hydrogens is 597 g/mol. The summed E-state index contributed by atoms with van der Waals surface area (Å²) in [5, 5.41) is 7.67. The molecule has 0 bridgehead atoms. The Morgan fingerprint density at radius 1 is 1.14 bits per heavy atom. The summed E-state index contributed by atoms with van der Waals surface area (Å²) < 4.78 is 75.6. The standard InChI is InChI=1S/C32H40F4N3O2PS/c1-20(2)42(40,21(3)4)22-12-13-27(29(17-22)41-6)37-15-8-11-30-24(18-32(34,35)36)23-9-7-10-28(31(23)43-30)38-26-14-16-39(5)19-25(26)33/h7,9-10,12-13,17,20-21,25-26,37-38H,14-16,18-19H2,1-6H3/t25-,26?/m0/s1. The molecule has 11 heteroatoms. The zero-order valence-corrected chi connectivity index (χ0v) is 27.2. The molecule has 0 radical (unpaired) electrons. The number of nitrogens with one attached hydrogen (secondary N) is 2. The Morgan fingerprint density at radius 3 is 2.49 bits per heavy atom. The molecule has 0 saturated carbocycles. The van der Waals surface area contributed by atoms with E-state index in [0.29, 0.717) is 45.1 Å². The van der Waals surface area contributed by atoms with Crippen LogP contribution >= 0.6 is 18.5 Å². The average molecular weight is 638 g/mol. The van der Waals surface area contributed by atoms with E-state index in [-0.39, 0.29) is 23.4 Å². The first-order chi connectivity index (χ1) is 20.2. The lowest BCUT2D eigenvalue weighted by molar-refractivity contribution is -0.126. The number of hydrogen-bond acceptors (Lipinski definition) is 6. The lowest BCUT2D eigenvalue weighted by Gasteiger charge is -2.33. The quantitative estimate of drug-likeness (QED) is 0.143. The minimum absolute atomic E-state index is 0.0208. The van der Waals surface area contributed by atoms with Gasteiger partial charge in [-0.25, -0.2) is 4.39 Å². The fourth-order valence-electron chi connectivity index (χ4n) is 5.68. The summed E-state index contributed by atoms with van der Waals surface area (Å²) in [7, 11) is 0.745. The Bertz CT molecular complexity index is 1530. The number of alkyl halides is 4. The van der Waals surface area contributed by atoms with Crippen LogP contribution in [0.15, 0.2) is 36.4 Å². The molecule has 1 aliphatic heterocycles. The number of halogens is 4. The second-order valence-electron chi connectivity index (χ2n) is 11.6. The SMILES string of the molecule is COc1cc(P(=O)(C(C)C)C(C)C)ccc1NCC#Cc1sc2c(NC3CCN(C)C[C@@H]3F)cccc2c1CC(F)(F)F. The van der Waals surface area contributed by atoms with Crippen LogP contribution in [0.3, 0.4) is 0 Å². The van der Waals surface area contributed by atoms with Gasteiger partial charge in [-0.1, -0.05) is 51.7 Å². The number of benzene rings is 2. The highest BCUT2D eigenvalue weighted by Gasteiger charge is 2.34. The maximum absolute atomic E-state index is 14.7. The molecule has 1 fully saturated rings. The Balaban J connectivity index is 1.60. The number of nitrogens with zero attached hydrogens (tertiary/aromatic N) is 1. The van der Waals surface area contributed by atoms with Crippen molar-refractivity contribution in [2.24, 2.45) is 0 Å². The van der Waals surface area contributed by atoms with Gasteiger partial charge in [0.25, 0.3) is 0 Å². The predicted molar refractivity (Wildman–Crippen MR) is 172 cm³/mol. The van der Waals surface area contributed by atoms with Gasteiger partial charge in [-0.15, -0.1) is 11.3 Å². The third-order valence-corrected chi connectivity index (χ3v) is 13.3. The van der Waals surface area contributed by atoms with E-state index in [1.165, 1.54) is 18.4 Å². The number of thiophene rings is 1. The van der Waals surface area contributed by atoms with Gasteiger partial charge < -0.3 is 24.8 Å². The molecule has 2 aromatic carbocycles. The lowest BCUT2D eigenvalue weighted by Crippen LogP contribution is -2.46. The van der Waals surface area contributed by atoms with Crippen LogP contribution in [0.1, 0.15) is 44.6 Å². The number of likely N-dealkylation sites (tertiary alicyclic amines) is 1. The van der Waals surface area contributed by atoms with E-state index in [4.69, 9.17) is 4.74 Å². The number of ether oxygens (including phenoxy) is 1. The van der Waals surface area contributed by atoms with Crippen molar-refractivity contribution in [2.75, 3.05) is 44.4 Å². The molecule has 234 valence electrons. The van der Waals surface area contributed by atoms with Crippen molar-refractivity contribution in [3.05, 3.63) is 46.8 Å². The molecule has 1 unspecified atom stereocenters. The molecule has 5 nitrogen and oxygen atoms in total. The predicted octanol–water partition coefficient (Wildman–Crippen LogP) is 7.74. The molecule has 1 aliphatic rings. The summed E-state index contributed by atoms with van der Waals surface area (Å²) in [6, 6.07) is 10.2. The van der Waals surface area contributed by atoms with Crippen LogP contribution in [0.25, 0.3) is 10.1 Å². The van der Waals surface area contributed by atoms with Crippen molar-refractivity contribution in [3.63, 3.8) is 0 Å². The van der Waals surface area contributed by atoms with Gasteiger partial charge in [-0.05, 0) is 48.7 Å². The van der Waals surface area contributed by atoms with Gasteiger partial charge in [0.05, 0.1) is 47.1 Å². The summed E-state index contributed by atoms with van der Waals surface area (Å²) in [5.41, 5.74) is 1.36. The van der Waals surface area contributed by atoms with Crippen LogP contribution in [0.2, 0.25) is 0 Å². The van der Waals surface area contributed by atoms with Gasteiger partial charge in [-0.2, -0.15) is 13.2 Å².